The second kappa shape index (κ2) is 7.11. The van der Waals surface area contributed by atoms with Crippen LogP contribution in [0.4, 0.5) is 5.82 Å². The van der Waals surface area contributed by atoms with Crippen LogP contribution in [0, 0.1) is 0 Å². The molecule has 0 radical (unpaired) electrons. The summed E-state index contributed by atoms with van der Waals surface area (Å²) in [7, 11) is -3.41. The van der Waals surface area contributed by atoms with Gasteiger partial charge in [0.1, 0.15) is 10.7 Å². The molecule has 3 aliphatic rings. The maximum Gasteiger partial charge on any atom is 0.244 e. The molecule has 3 fully saturated rings. The fraction of sp³-hybridized carbons (Fsp3) is 0.632. The summed E-state index contributed by atoms with van der Waals surface area (Å²) in [5.74, 6) is 3.27. The normalized spacial score (nSPS) is 22.1. The summed E-state index contributed by atoms with van der Waals surface area (Å²) in [6.07, 6.45) is 7.57. The first-order valence-electron chi connectivity index (χ1n) is 10.2. The molecule has 4 heterocycles. The Kier molecular flexibility index (Phi) is 4.59. The second-order valence-electron chi connectivity index (χ2n) is 7.99. The topological polar surface area (TPSA) is 92.4 Å². The van der Waals surface area contributed by atoms with Crippen LogP contribution >= 0.6 is 0 Å². The van der Waals surface area contributed by atoms with Gasteiger partial charge >= 0.3 is 0 Å². The highest BCUT2D eigenvalue weighted by molar-refractivity contribution is 7.89. The number of sulfonamides is 1. The molecular formula is C19H25N5O3S. The van der Waals surface area contributed by atoms with Crippen molar-refractivity contribution in [3.63, 3.8) is 0 Å². The monoisotopic (exact) mass is 403 g/mol. The van der Waals surface area contributed by atoms with Crippen LogP contribution in [-0.2, 0) is 10.0 Å². The third kappa shape index (κ3) is 3.41. The van der Waals surface area contributed by atoms with Gasteiger partial charge in [-0.15, -0.1) is 0 Å². The van der Waals surface area contributed by atoms with Crippen LogP contribution in [0.1, 0.15) is 62.1 Å². The molecule has 0 amide bonds. The molecule has 0 spiro atoms. The Bertz CT molecular complexity index is 925. The molecule has 8 nitrogen and oxygen atoms in total. The molecule has 2 aromatic rings. The third-order valence-electron chi connectivity index (χ3n) is 5.99. The zero-order valence-corrected chi connectivity index (χ0v) is 16.6. The predicted octanol–water partition coefficient (Wildman–Crippen LogP) is 2.51. The molecule has 0 aromatic carbocycles. The summed E-state index contributed by atoms with van der Waals surface area (Å²) in [5.41, 5.74) is 0. The molecule has 0 unspecified atom stereocenters. The van der Waals surface area contributed by atoms with E-state index in [0.29, 0.717) is 24.9 Å². The number of anilines is 1. The van der Waals surface area contributed by atoms with Crippen LogP contribution in [0.25, 0.3) is 0 Å². The van der Waals surface area contributed by atoms with Gasteiger partial charge in [-0.25, -0.2) is 13.4 Å². The van der Waals surface area contributed by atoms with Crippen molar-refractivity contribution in [1.82, 2.24) is 19.4 Å². The first-order valence-corrected chi connectivity index (χ1v) is 11.6. The van der Waals surface area contributed by atoms with Gasteiger partial charge in [0, 0.05) is 44.2 Å². The number of hydrogen-bond donors (Lipinski definition) is 0. The van der Waals surface area contributed by atoms with E-state index in [1.807, 2.05) is 6.07 Å². The summed E-state index contributed by atoms with van der Waals surface area (Å²) in [6.45, 7) is 2.92. The van der Waals surface area contributed by atoms with E-state index in [4.69, 9.17) is 4.52 Å². The van der Waals surface area contributed by atoms with Crippen molar-refractivity contribution in [2.45, 2.75) is 55.3 Å². The van der Waals surface area contributed by atoms with Crippen molar-refractivity contribution in [1.29, 1.82) is 0 Å². The highest BCUT2D eigenvalue weighted by atomic mass is 32.2. The van der Waals surface area contributed by atoms with Gasteiger partial charge in [0.25, 0.3) is 0 Å². The number of nitrogens with zero attached hydrogens (tertiary/aromatic N) is 5. The first kappa shape index (κ1) is 18.1. The summed E-state index contributed by atoms with van der Waals surface area (Å²) in [4.78, 5) is 11.5. The van der Waals surface area contributed by atoms with Crippen LogP contribution in [0.15, 0.2) is 27.7 Å². The molecule has 9 heteroatoms. The summed E-state index contributed by atoms with van der Waals surface area (Å²) < 4.78 is 32.2. The van der Waals surface area contributed by atoms with Gasteiger partial charge in [-0.05, 0) is 50.7 Å². The Balaban J connectivity index is 1.22. The van der Waals surface area contributed by atoms with Gasteiger partial charge < -0.3 is 9.42 Å². The minimum Gasteiger partial charge on any atom is -0.357 e. The highest BCUT2D eigenvalue weighted by Crippen LogP contribution is 2.40. The van der Waals surface area contributed by atoms with Crippen molar-refractivity contribution >= 4 is 15.8 Å². The van der Waals surface area contributed by atoms with Crippen molar-refractivity contribution < 1.29 is 12.9 Å². The van der Waals surface area contributed by atoms with E-state index in [0.717, 1.165) is 69.1 Å². The van der Waals surface area contributed by atoms with Gasteiger partial charge in [0.2, 0.25) is 15.9 Å². The maximum absolute atomic E-state index is 12.6. The quantitative estimate of drug-likeness (QED) is 0.757. The maximum atomic E-state index is 12.6. The van der Waals surface area contributed by atoms with Crippen LogP contribution in [-0.4, -0.2) is 54.0 Å². The standard InChI is InChI=1S/C19H25N5O3S/c25-28(26,24-9-1-2-10-24)16-5-6-17(20-13-16)23-11-7-14(8-12-23)18-21-19(27-22-18)15-3-4-15/h5-6,13-15H,1-4,7-12H2. The van der Waals surface area contributed by atoms with E-state index in [1.54, 1.807) is 10.4 Å². The van der Waals surface area contributed by atoms with Gasteiger partial charge in [0.05, 0.1) is 0 Å². The Morgan fingerprint density at radius 1 is 0.964 bits per heavy atom. The van der Waals surface area contributed by atoms with E-state index in [-0.39, 0.29) is 4.90 Å². The highest BCUT2D eigenvalue weighted by Gasteiger charge is 2.32. The molecule has 1 saturated carbocycles. The Morgan fingerprint density at radius 3 is 2.36 bits per heavy atom. The zero-order valence-electron chi connectivity index (χ0n) is 15.8. The number of piperidine rings is 1. The van der Waals surface area contributed by atoms with E-state index in [2.05, 4.69) is 20.0 Å². The van der Waals surface area contributed by atoms with Gasteiger partial charge in [-0.1, -0.05) is 5.16 Å². The molecule has 0 bridgehead atoms. The lowest BCUT2D eigenvalue weighted by Crippen LogP contribution is -2.34. The number of aromatic nitrogens is 3. The molecule has 1 aliphatic carbocycles. The average Bonchev–Trinajstić information content (AvgIpc) is 3.22. The van der Waals surface area contributed by atoms with E-state index >= 15 is 0 Å². The van der Waals surface area contributed by atoms with Gasteiger partial charge in [0.15, 0.2) is 5.82 Å². The fourth-order valence-corrected chi connectivity index (χ4v) is 5.53. The molecule has 0 atom stereocenters. The molecular weight excluding hydrogens is 378 g/mol. The molecule has 2 aliphatic heterocycles. The smallest absolute Gasteiger partial charge is 0.244 e. The molecule has 2 saturated heterocycles. The van der Waals surface area contributed by atoms with Gasteiger partial charge in [-0.2, -0.15) is 9.29 Å². The van der Waals surface area contributed by atoms with Crippen LogP contribution in [0.3, 0.4) is 0 Å². The predicted molar refractivity (Wildman–Crippen MR) is 103 cm³/mol. The molecule has 28 heavy (non-hydrogen) atoms. The molecule has 0 N–H and O–H groups in total. The Morgan fingerprint density at radius 2 is 1.71 bits per heavy atom. The number of pyridine rings is 1. The van der Waals surface area contributed by atoms with Crippen LogP contribution < -0.4 is 4.90 Å². The minimum atomic E-state index is -3.41. The lowest BCUT2D eigenvalue weighted by atomic mass is 9.96. The van der Waals surface area contributed by atoms with E-state index in [9.17, 15) is 8.42 Å². The lowest BCUT2D eigenvalue weighted by Gasteiger charge is -2.31. The van der Waals surface area contributed by atoms with Gasteiger partial charge in [-0.3, -0.25) is 0 Å². The largest absolute Gasteiger partial charge is 0.357 e. The third-order valence-corrected chi connectivity index (χ3v) is 7.87. The summed E-state index contributed by atoms with van der Waals surface area (Å²) >= 11 is 0. The van der Waals surface area contributed by atoms with E-state index in [1.165, 1.54) is 6.20 Å². The van der Waals surface area contributed by atoms with E-state index < -0.39 is 10.0 Å². The lowest BCUT2D eigenvalue weighted by molar-refractivity contribution is 0.364. The van der Waals surface area contributed by atoms with Crippen LogP contribution in [0.5, 0.6) is 0 Å². The van der Waals surface area contributed by atoms with Crippen molar-refractivity contribution in [2.75, 3.05) is 31.1 Å². The average molecular weight is 404 g/mol. The summed E-state index contributed by atoms with van der Waals surface area (Å²) in [5, 5.41) is 4.18. The minimum absolute atomic E-state index is 0.285. The Labute approximate surface area is 165 Å². The SMILES string of the molecule is O=S(=O)(c1ccc(N2CCC(c3noc(C4CC4)n3)CC2)nc1)N1CCCC1. The van der Waals surface area contributed by atoms with Crippen molar-refractivity contribution in [3.05, 3.63) is 30.0 Å². The summed E-state index contributed by atoms with van der Waals surface area (Å²) in [6, 6.07) is 3.51. The second-order valence-corrected chi connectivity index (χ2v) is 9.93. The molecule has 150 valence electrons. The Hall–Kier alpha value is -2.00. The molecule has 2 aromatic heterocycles. The van der Waals surface area contributed by atoms with Crippen molar-refractivity contribution in [3.8, 4) is 0 Å². The van der Waals surface area contributed by atoms with Crippen LogP contribution in [0.2, 0.25) is 0 Å². The van der Waals surface area contributed by atoms with Crippen molar-refractivity contribution in [2.24, 2.45) is 0 Å². The fourth-order valence-electron chi connectivity index (χ4n) is 4.07. The molecule has 5 rings (SSSR count). The number of hydrogen-bond acceptors (Lipinski definition) is 7. The zero-order chi connectivity index (χ0) is 19.1. The number of rotatable bonds is 5. The first-order chi connectivity index (χ1) is 13.6.